The molecule has 3 nitrogen and oxygen atoms in total. The predicted molar refractivity (Wildman–Crippen MR) is 98.9 cm³/mol. The SMILES string of the molecule is Cc1ccc(CN(C(=O)CCCCCCN)C2CC2)cc1C.Cl. The minimum atomic E-state index is 0. The maximum Gasteiger partial charge on any atom is 0.223 e. The molecule has 0 bridgehead atoms. The maximum absolute atomic E-state index is 12.5. The third-order valence-electron chi connectivity index (χ3n) is 4.58. The summed E-state index contributed by atoms with van der Waals surface area (Å²) < 4.78 is 0. The van der Waals surface area contributed by atoms with E-state index in [9.17, 15) is 4.79 Å². The van der Waals surface area contributed by atoms with Crippen LogP contribution in [0.25, 0.3) is 0 Å². The molecule has 0 aliphatic heterocycles. The van der Waals surface area contributed by atoms with Crippen molar-refractivity contribution in [1.29, 1.82) is 0 Å². The number of hydrogen-bond donors (Lipinski definition) is 1. The molecular weight excluding hydrogens is 308 g/mol. The van der Waals surface area contributed by atoms with Crippen LogP contribution in [0, 0.1) is 13.8 Å². The Kier molecular flexibility index (Phi) is 8.64. The molecule has 2 N–H and O–H groups in total. The van der Waals surface area contributed by atoms with E-state index in [4.69, 9.17) is 5.73 Å². The highest BCUT2D eigenvalue weighted by Crippen LogP contribution is 2.29. The summed E-state index contributed by atoms with van der Waals surface area (Å²) in [5.41, 5.74) is 9.38. The van der Waals surface area contributed by atoms with Crippen LogP contribution < -0.4 is 5.73 Å². The largest absolute Gasteiger partial charge is 0.335 e. The second kappa shape index (κ2) is 9.94. The fourth-order valence-corrected chi connectivity index (χ4v) is 2.82. The van der Waals surface area contributed by atoms with Crippen molar-refractivity contribution in [2.45, 2.75) is 71.4 Å². The highest BCUT2D eigenvalue weighted by atomic mass is 35.5. The van der Waals surface area contributed by atoms with Crippen molar-refractivity contribution in [3.63, 3.8) is 0 Å². The van der Waals surface area contributed by atoms with Crippen molar-refractivity contribution in [3.8, 4) is 0 Å². The molecule has 0 atom stereocenters. The van der Waals surface area contributed by atoms with E-state index in [2.05, 4.69) is 36.9 Å². The fraction of sp³-hybridized carbons (Fsp3) is 0.632. The topological polar surface area (TPSA) is 46.3 Å². The number of rotatable bonds is 9. The van der Waals surface area contributed by atoms with E-state index < -0.39 is 0 Å². The molecule has 1 aliphatic rings. The van der Waals surface area contributed by atoms with Gasteiger partial charge < -0.3 is 10.6 Å². The van der Waals surface area contributed by atoms with Gasteiger partial charge in [0, 0.05) is 19.0 Å². The van der Waals surface area contributed by atoms with Crippen LogP contribution in [0.5, 0.6) is 0 Å². The Balaban J connectivity index is 0.00000264. The Morgan fingerprint density at radius 1 is 1.13 bits per heavy atom. The average Bonchev–Trinajstić information content (AvgIpc) is 3.32. The van der Waals surface area contributed by atoms with Gasteiger partial charge in [0.15, 0.2) is 0 Å². The van der Waals surface area contributed by atoms with E-state index in [-0.39, 0.29) is 12.4 Å². The highest BCUT2D eigenvalue weighted by Gasteiger charge is 2.32. The molecule has 0 spiro atoms. The van der Waals surface area contributed by atoms with Gasteiger partial charge in [-0.2, -0.15) is 0 Å². The number of nitrogens with zero attached hydrogens (tertiary/aromatic N) is 1. The van der Waals surface area contributed by atoms with Crippen molar-refractivity contribution in [2.75, 3.05) is 6.54 Å². The van der Waals surface area contributed by atoms with E-state index in [1.807, 2.05) is 0 Å². The van der Waals surface area contributed by atoms with Gasteiger partial charge in [0.2, 0.25) is 5.91 Å². The minimum absolute atomic E-state index is 0. The van der Waals surface area contributed by atoms with Crippen molar-refractivity contribution in [1.82, 2.24) is 4.90 Å². The summed E-state index contributed by atoms with van der Waals surface area (Å²) in [6.45, 7) is 5.80. The van der Waals surface area contributed by atoms with Gasteiger partial charge >= 0.3 is 0 Å². The van der Waals surface area contributed by atoms with Crippen molar-refractivity contribution >= 4 is 18.3 Å². The van der Waals surface area contributed by atoms with Crippen LogP contribution in [-0.4, -0.2) is 23.4 Å². The first-order valence-corrected chi connectivity index (χ1v) is 8.67. The van der Waals surface area contributed by atoms with E-state index in [1.165, 1.54) is 29.5 Å². The smallest absolute Gasteiger partial charge is 0.223 e. The Hall–Kier alpha value is -1.06. The van der Waals surface area contributed by atoms with Gasteiger partial charge in [-0.05, 0) is 62.8 Å². The number of unbranched alkanes of at least 4 members (excludes halogenated alkanes) is 3. The number of carbonyl (C=O) groups is 1. The molecule has 130 valence electrons. The molecule has 0 heterocycles. The molecule has 1 aromatic carbocycles. The van der Waals surface area contributed by atoms with Crippen LogP contribution >= 0.6 is 12.4 Å². The molecule has 1 aromatic rings. The molecule has 0 unspecified atom stereocenters. The Labute approximate surface area is 147 Å². The predicted octanol–water partition coefficient (Wildman–Crippen LogP) is 4.13. The van der Waals surface area contributed by atoms with Crippen LogP contribution in [-0.2, 0) is 11.3 Å². The standard InChI is InChI=1S/C19H30N2O.ClH/c1-15-8-9-17(13-16(15)2)14-21(18-10-11-18)19(22)7-5-3-4-6-12-20;/h8-9,13,18H,3-7,10-12,14,20H2,1-2H3;1H. The molecule has 0 radical (unpaired) electrons. The summed E-state index contributed by atoms with van der Waals surface area (Å²) in [6, 6.07) is 7.02. The summed E-state index contributed by atoms with van der Waals surface area (Å²) in [5.74, 6) is 0.327. The number of hydrogen-bond acceptors (Lipinski definition) is 2. The van der Waals surface area contributed by atoms with Gasteiger partial charge in [-0.3, -0.25) is 4.79 Å². The highest BCUT2D eigenvalue weighted by molar-refractivity contribution is 5.85. The molecule has 1 aliphatic carbocycles. The second-order valence-electron chi connectivity index (χ2n) is 6.62. The second-order valence-corrected chi connectivity index (χ2v) is 6.62. The van der Waals surface area contributed by atoms with Crippen molar-refractivity contribution < 1.29 is 4.79 Å². The zero-order chi connectivity index (χ0) is 15.9. The van der Waals surface area contributed by atoms with Gasteiger partial charge in [-0.25, -0.2) is 0 Å². The van der Waals surface area contributed by atoms with Gasteiger partial charge in [-0.1, -0.05) is 31.0 Å². The lowest BCUT2D eigenvalue weighted by molar-refractivity contribution is -0.132. The van der Waals surface area contributed by atoms with Crippen molar-refractivity contribution in [3.05, 3.63) is 34.9 Å². The molecule has 23 heavy (non-hydrogen) atoms. The lowest BCUT2D eigenvalue weighted by Gasteiger charge is -2.23. The van der Waals surface area contributed by atoms with E-state index in [0.29, 0.717) is 18.4 Å². The summed E-state index contributed by atoms with van der Waals surface area (Å²) >= 11 is 0. The zero-order valence-corrected chi connectivity index (χ0v) is 15.3. The van der Waals surface area contributed by atoms with Crippen LogP contribution in [0.3, 0.4) is 0 Å². The number of carbonyl (C=O) groups excluding carboxylic acids is 1. The van der Waals surface area contributed by atoms with Gasteiger partial charge in [0.1, 0.15) is 0 Å². The van der Waals surface area contributed by atoms with Crippen LogP contribution in [0.2, 0.25) is 0 Å². The third kappa shape index (κ3) is 6.52. The molecule has 4 heteroatoms. The number of amides is 1. The van der Waals surface area contributed by atoms with Crippen LogP contribution in [0.15, 0.2) is 18.2 Å². The minimum Gasteiger partial charge on any atom is -0.335 e. The van der Waals surface area contributed by atoms with E-state index >= 15 is 0 Å². The van der Waals surface area contributed by atoms with E-state index in [1.54, 1.807) is 0 Å². The quantitative estimate of drug-likeness (QED) is 0.688. The summed E-state index contributed by atoms with van der Waals surface area (Å²) in [7, 11) is 0. The Morgan fingerprint density at radius 2 is 1.83 bits per heavy atom. The third-order valence-corrected chi connectivity index (χ3v) is 4.58. The molecular formula is C19H31ClN2O. The number of benzene rings is 1. The van der Waals surface area contributed by atoms with Crippen LogP contribution in [0.4, 0.5) is 0 Å². The van der Waals surface area contributed by atoms with E-state index in [0.717, 1.165) is 38.8 Å². The molecule has 0 saturated heterocycles. The fourth-order valence-electron chi connectivity index (χ4n) is 2.82. The molecule has 0 aromatic heterocycles. The summed E-state index contributed by atoms with van der Waals surface area (Å²) in [5, 5.41) is 0. The summed E-state index contributed by atoms with van der Waals surface area (Å²) in [4.78, 5) is 14.6. The molecule has 2 rings (SSSR count). The molecule has 1 amide bonds. The first-order chi connectivity index (χ1) is 10.6. The normalized spacial score (nSPS) is 13.5. The monoisotopic (exact) mass is 338 g/mol. The van der Waals surface area contributed by atoms with Gasteiger partial charge in [0.05, 0.1) is 0 Å². The number of aryl methyl sites for hydroxylation is 2. The van der Waals surface area contributed by atoms with Crippen LogP contribution in [0.1, 0.15) is 61.6 Å². The average molecular weight is 339 g/mol. The number of nitrogens with two attached hydrogens (primary N) is 1. The zero-order valence-electron chi connectivity index (χ0n) is 14.5. The first kappa shape index (κ1) is 20.0. The Morgan fingerprint density at radius 3 is 2.43 bits per heavy atom. The Bertz CT molecular complexity index is 500. The molecule has 1 fully saturated rings. The van der Waals surface area contributed by atoms with Gasteiger partial charge in [0.25, 0.3) is 0 Å². The molecule has 1 saturated carbocycles. The maximum atomic E-state index is 12.5. The lowest BCUT2D eigenvalue weighted by atomic mass is 10.1. The number of halogens is 1. The van der Waals surface area contributed by atoms with Crippen molar-refractivity contribution in [2.24, 2.45) is 5.73 Å². The van der Waals surface area contributed by atoms with Gasteiger partial charge in [-0.15, -0.1) is 12.4 Å². The lowest BCUT2D eigenvalue weighted by Crippen LogP contribution is -2.32. The first-order valence-electron chi connectivity index (χ1n) is 8.67. The summed E-state index contributed by atoms with van der Waals surface area (Å²) in [6.07, 6.45) is 7.35.